The Kier molecular flexibility index (Phi) is 4.42. The van der Waals surface area contributed by atoms with Crippen LogP contribution in [0.25, 0.3) is 0 Å². The van der Waals surface area contributed by atoms with Crippen LogP contribution in [-0.4, -0.2) is 33.7 Å². The number of hydrogen-bond donors (Lipinski definition) is 1. The van der Waals surface area contributed by atoms with Gasteiger partial charge in [0.1, 0.15) is 6.61 Å². The molecule has 0 radical (unpaired) electrons. The summed E-state index contributed by atoms with van der Waals surface area (Å²) in [6, 6.07) is 4.19. The second-order valence-corrected chi connectivity index (χ2v) is 6.37. The summed E-state index contributed by atoms with van der Waals surface area (Å²) < 4.78 is 33.1. The number of hydrogen-bond acceptors (Lipinski definition) is 5. The first-order valence-corrected chi connectivity index (χ1v) is 7.84. The van der Waals surface area contributed by atoms with Gasteiger partial charge in [-0.3, -0.25) is 0 Å². The Morgan fingerprint density at radius 3 is 2.80 bits per heavy atom. The van der Waals surface area contributed by atoms with E-state index in [0.29, 0.717) is 12.2 Å². The third-order valence-electron chi connectivity index (χ3n) is 3.04. The van der Waals surface area contributed by atoms with Crippen molar-refractivity contribution >= 4 is 16.0 Å². The molecule has 6 nitrogen and oxygen atoms in total. The van der Waals surface area contributed by atoms with Gasteiger partial charge in [0.25, 0.3) is 0 Å². The van der Waals surface area contributed by atoms with E-state index >= 15 is 0 Å². The van der Waals surface area contributed by atoms with Crippen molar-refractivity contribution in [3.63, 3.8) is 0 Å². The van der Waals surface area contributed by atoms with Gasteiger partial charge in [0.2, 0.25) is 10.0 Å². The predicted molar refractivity (Wildman–Crippen MR) is 71.8 cm³/mol. The average Bonchev–Trinajstić information content (AvgIpc) is 2.87. The van der Waals surface area contributed by atoms with Gasteiger partial charge in [0.15, 0.2) is 0 Å². The van der Waals surface area contributed by atoms with Crippen LogP contribution in [0.3, 0.4) is 0 Å². The summed E-state index contributed by atoms with van der Waals surface area (Å²) >= 11 is 0. The van der Waals surface area contributed by atoms with Gasteiger partial charge in [0, 0.05) is 6.61 Å². The highest BCUT2D eigenvalue weighted by atomic mass is 32.2. The van der Waals surface area contributed by atoms with Crippen LogP contribution < -0.4 is 5.14 Å². The number of ether oxygens (including phenoxy) is 2. The molecule has 1 fully saturated rings. The monoisotopic (exact) mass is 299 g/mol. The van der Waals surface area contributed by atoms with Crippen LogP contribution in [0, 0.1) is 6.92 Å². The van der Waals surface area contributed by atoms with E-state index in [4.69, 9.17) is 14.6 Å². The van der Waals surface area contributed by atoms with Gasteiger partial charge >= 0.3 is 5.97 Å². The van der Waals surface area contributed by atoms with Crippen molar-refractivity contribution in [3.8, 4) is 0 Å². The van der Waals surface area contributed by atoms with Gasteiger partial charge in [-0.05, 0) is 43.5 Å². The molecule has 1 aromatic rings. The Morgan fingerprint density at radius 1 is 1.45 bits per heavy atom. The first kappa shape index (κ1) is 15.0. The highest BCUT2D eigenvalue weighted by Crippen LogP contribution is 2.16. The van der Waals surface area contributed by atoms with Crippen LogP contribution in [0.5, 0.6) is 0 Å². The minimum Gasteiger partial charge on any atom is -0.459 e. The smallest absolute Gasteiger partial charge is 0.338 e. The number of rotatable bonds is 4. The van der Waals surface area contributed by atoms with Crippen molar-refractivity contribution in [3.05, 3.63) is 29.3 Å². The van der Waals surface area contributed by atoms with Crippen molar-refractivity contribution in [2.24, 2.45) is 5.14 Å². The van der Waals surface area contributed by atoms with Gasteiger partial charge < -0.3 is 9.47 Å². The quantitative estimate of drug-likeness (QED) is 0.836. The highest BCUT2D eigenvalue weighted by molar-refractivity contribution is 7.89. The van der Waals surface area contributed by atoms with Crippen LogP contribution in [0.1, 0.15) is 28.8 Å². The number of carbonyl (C=O) groups excluding carboxylic acids is 1. The number of aryl methyl sites for hydroxylation is 1. The normalized spacial score (nSPS) is 19.0. The molecule has 7 heteroatoms. The molecule has 0 amide bonds. The Labute approximate surface area is 117 Å². The molecule has 0 aliphatic carbocycles. The van der Waals surface area contributed by atoms with E-state index in [9.17, 15) is 13.2 Å². The summed E-state index contributed by atoms with van der Waals surface area (Å²) in [6.07, 6.45) is 1.76. The molecule has 0 aromatic heterocycles. The second-order valence-electron chi connectivity index (χ2n) is 4.81. The maximum atomic E-state index is 11.9. The van der Waals surface area contributed by atoms with Crippen LogP contribution in [0.4, 0.5) is 0 Å². The van der Waals surface area contributed by atoms with E-state index in [1.807, 2.05) is 0 Å². The summed E-state index contributed by atoms with van der Waals surface area (Å²) in [6.45, 7) is 2.55. The fourth-order valence-electron chi connectivity index (χ4n) is 2.06. The van der Waals surface area contributed by atoms with Crippen molar-refractivity contribution < 1.29 is 22.7 Å². The highest BCUT2D eigenvalue weighted by Gasteiger charge is 2.19. The summed E-state index contributed by atoms with van der Waals surface area (Å²) in [5, 5.41) is 5.07. The first-order chi connectivity index (χ1) is 9.36. The summed E-state index contributed by atoms with van der Waals surface area (Å²) in [7, 11) is -3.84. The lowest BCUT2D eigenvalue weighted by molar-refractivity contribution is 0.0161. The minimum absolute atomic E-state index is 0.0681. The third-order valence-corrected chi connectivity index (χ3v) is 3.93. The fourth-order valence-corrected chi connectivity index (χ4v) is 2.70. The number of carbonyl (C=O) groups is 1. The molecule has 0 bridgehead atoms. The molecule has 0 saturated carbocycles. The second kappa shape index (κ2) is 5.90. The van der Waals surface area contributed by atoms with Gasteiger partial charge in [0.05, 0.1) is 16.6 Å². The zero-order valence-corrected chi connectivity index (χ0v) is 12.0. The van der Waals surface area contributed by atoms with Gasteiger partial charge in [-0.1, -0.05) is 0 Å². The maximum Gasteiger partial charge on any atom is 0.338 e. The van der Waals surface area contributed by atoms with E-state index in [1.165, 1.54) is 12.1 Å². The lowest BCUT2D eigenvalue weighted by atomic mass is 10.1. The molecule has 1 atom stereocenters. The van der Waals surface area contributed by atoms with Gasteiger partial charge in [-0.25, -0.2) is 18.4 Å². The molecule has 2 rings (SSSR count). The summed E-state index contributed by atoms with van der Waals surface area (Å²) in [5.41, 5.74) is 0.799. The Hall–Kier alpha value is -1.44. The third kappa shape index (κ3) is 3.78. The first-order valence-electron chi connectivity index (χ1n) is 6.29. The largest absolute Gasteiger partial charge is 0.459 e. The molecule has 1 aliphatic heterocycles. The topological polar surface area (TPSA) is 95.7 Å². The van der Waals surface area contributed by atoms with E-state index in [-0.39, 0.29) is 23.2 Å². The lowest BCUT2D eigenvalue weighted by Gasteiger charge is -2.11. The van der Waals surface area contributed by atoms with Crippen molar-refractivity contribution in [1.29, 1.82) is 0 Å². The number of nitrogens with two attached hydrogens (primary N) is 1. The minimum atomic E-state index is -3.84. The Morgan fingerprint density at radius 2 is 2.20 bits per heavy atom. The molecule has 1 saturated heterocycles. The zero-order chi connectivity index (χ0) is 14.8. The number of esters is 1. The maximum absolute atomic E-state index is 11.9. The van der Waals surface area contributed by atoms with Crippen LogP contribution in [0.15, 0.2) is 23.1 Å². The molecule has 20 heavy (non-hydrogen) atoms. The molecule has 0 spiro atoms. The SMILES string of the molecule is Cc1cc(C(=O)OCC2CCCO2)cc(S(N)(=O)=O)c1. The predicted octanol–water partition coefficient (Wildman–Crippen LogP) is 0.978. The number of sulfonamides is 1. The summed E-state index contributed by atoms with van der Waals surface area (Å²) in [5.74, 6) is -0.575. The molecular weight excluding hydrogens is 282 g/mol. The van der Waals surface area contributed by atoms with Gasteiger partial charge in [-0.15, -0.1) is 0 Å². The molecule has 1 aromatic carbocycles. The van der Waals surface area contributed by atoms with Crippen molar-refractivity contribution in [2.75, 3.05) is 13.2 Å². The zero-order valence-electron chi connectivity index (χ0n) is 11.2. The summed E-state index contributed by atoms with van der Waals surface area (Å²) in [4.78, 5) is 11.8. The molecule has 1 aliphatic rings. The van der Waals surface area contributed by atoms with E-state index in [1.54, 1.807) is 13.0 Å². The molecule has 1 unspecified atom stereocenters. The lowest BCUT2D eigenvalue weighted by Crippen LogP contribution is -2.19. The van der Waals surface area contributed by atoms with E-state index < -0.39 is 16.0 Å². The van der Waals surface area contributed by atoms with Crippen molar-refractivity contribution in [1.82, 2.24) is 0 Å². The van der Waals surface area contributed by atoms with E-state index in [2.05, 4.69) is 0 Å². The number of primary sulfonamides is 1. The average molecular weight is 299 g/mol. The standard InChI is InChI=1S/C13H17NO5S/c1-9-5-10(7-12(6-9)20(14,16)17)13(15)19-8-11-3-2-4-18-11/h5-7,11H,2-4,8H2,1H3,(H2,14,16,17). The molecule has 110 valence electrons. The Bertz CT molecular complexity index is 605. The van der Waals surface area contributed by atoms with Crippen LogP contribution in [0.2, 0.25) is 0 Å². The fraction of sp³-hybridized carbons (Fsp3) is 0.462. The van der Waals surface area contributed by atoms with Crippen LogP contribution >= 0.6 is 0 Å². The van der Waals surface area contributed by atoms with Crippen LogP contribution in [-0.2, 0) is 19.5 Å². The molecule has 1 heterocycles. The van der Waals surface area contributed by atoms with E-state index in [0.717, 1.165) is 12.8 Å². The Balaban J connectivity index is 2.11. The number of benzene rings is 1. The van der Waals surface area contributed by atoms with Crippen molar-refractivity contribution in [2.45, 2.75) is 30.8 Å². The van der Waals surface area contributed by atoms with Gasteiger partial charge in [-0.2, -0.15) is 0 Å². The molecular formula is C13H17NO5S. The molecule has 2 N–H and O–H groups in total.